The summed E-state index contributed by atoms with van der Waals surface area (Å²) in [7, 11) is 0. The van der Waals surface area contributed by atoms with E-state index in [4.69, 9.17) is 32.1 Å². The van der Waals surface area contributed by atoms with Crippen molar-refractivity contribution in [2.24, 2.45) is 5.73 Å². The van der Waals surface area contributed by atoms with Gasteiger partial charge in [-0.1, -0.05) is 23.7 Å². The lowest BCUT2D eigenvalue weighted by molar-refractivity contribution is 0.112. The van der Waals surface area contributed by atoms with E-state index in [0.717, 1.165) is 39.9 Å². The van der Waals surface area contributed by atoms with Gasteiger partial charge in [0.25, 0.3) is 0 Å². The van der Waals surface area contributed by atoms with E-state index in [1.807, 2.05) is 39.0 Å². The third-order valence-electron chi connectivity index (χ3n) is 6.15. The van der Waals surface area contributed by atoms with E-state index >= 15 is 0 Å². The number of hydrogen-bond acceptors (Lipinski definition) is 7. The highest BCUT2D eigenvalue weighted by Crippen LogP contribution is 2.34. The van der Waals surface area contributed by atoms with Gasteiger partial charge in [0.1, 0.15) is 30.8 Å². The van der Waals surface area contributed by atoms with E-state index in [0.29, 0.717) is 33.3 Å². The Kier molecular flexibility index (Phi) is 7.87. The van der Waals surface area contributed by atoms with Crippen molar-refractivity contribution in [1.82, 2.24) is 14.8 Å². The number of hydrogen-bond donors (Lipinski definition) is 1. The maximum Gasteiger partial charge on any atom is 0.153 e. The minimum Gasteiger partial charge on any atom is -0.488 e. The molecule has 2 aromatic carbocycles. The van der Waals surface area contributed by atoms with Crippen LogP contribution in [0.25, 0.3) is 5.69 Å². The number of nitrogens with zero attached hydrogens (tertiary/aromatic N) is 4. The van der Waals surface area contributed by atoms with Crippen LogP contribution < -0.4 is 15.2 Å². The number of nitrogens with two attached hydrogens (primary N) is 1. The van der Waals surface area contributed by atoms with E-state index in [2.05, 4.69) is 16.2 Å². The Hall–Kier alpha value is -4.19. The molecule has 0 radical (unpaired) electrons. The second-order valence-corrected chi connectivity index (χ2v) is 8.95. The molecule has 8 nitrogen and oxygen atoms in total. The van der Waals surface area contributed by atoms with Crippen LogP contribution in [0.2, 0.25) is 5.02 Å². The highest BCUT2D eigenvalue weighted by Gasteiger charge is 2.16. The molecule has 0 atom stereocenters. The average molecular weight is 516 g/mol. The number of aryl methyl sites for hydroxylation is 1. The fourth-order valence-electron chi connectivity index (χ4n) is 4.04. The number of aromatic nitrogens is 3. The van der Waals surface area contributed by atoms with Crippen LogP contribution in [0.3, 0.4) is 0 Å². The molecular weight excluding hydrogens is 490 g/mol. The Morgan fingerprint density at radius 1 is 1.08 bits per heavy atom. The molecule has 0 saturated heterocycles. The minimum atomic E-state index is 0.211. The number of aldehydes is 1. The summed E-state index contributed by atoms with van der Waals surface area (Å²) < 4.78 is 13.9. The summed E-state index contributed by atoms with van der Waals surface area (Å²) in [4.78, 5) is 15.5. The van der Waals surface area contributed by atoms with Gasteiger partial charge in [0, 0.05) is 36.1 Å². The molecule has 9 heteroatoms. The molecule has 0 aliphatic rings. The molecule has 37 heavy (non-hydrogen) atoms. The monoisotopic (exact) mass is 515 g/mol. The fraction of sp³-hybridized carbons (Fsp3) is 0.214. The van der Waals surface area contributed by atoms with E-state index in [1.165, 1.54) is 6.20 Å². The highest BCUT2D eigenvalue weighted by atomic mass is 35.5. The largest absolute Gasteiger partial charge is 0.488 e. The van der Waals surface area contributed by atoms with Gasteiger partial charge < -0.3 is 15.2 Å². The van der Waals surface area contributed by atoms with Crippen molar-refractivity contribution < 1.29 is 14.3 Å². The zero-order chi connectivity index (χ0) is 26.5. The van der Waals surface area contributed by atoms with Crippen molar-refractivity contribution in [3.8, 4) is 23.3 Å². The first-order valence-electron chi connectivity index (χ1n) is 11.6. The number of carbonyl (C=O) groups is 1. The molecule has 4 aromatic rings. The molecule has 188 valence electrons. The standard InChI is InChI=1S/C28H26ClN5O3/c1-17-22(5-4-6-26(17)34-19(3)24(14-35)18(2)33-34)16-37-28-9-27(23(11-31)8-25(28)29)36-15-21-7-20(10-30)12-32-13-21/h4-9,12-14H,11,15-16,31H2,1-3H3. The molecule has 0 spiro atoms. The SMILES string of the molecule is Cc1nn(-c2cccc(COc3cc(OCc4cncc(C#N)c4)c(CN)cc3Cl)c2C)c(C)c1C=O. The second kappa shape index (κ2) is 11.2. The third-order valence-corrected chi connectivity index (χ3v) is 6.44. The topological polar surface area (TPSA) is 116 Å². The molecule has 0 fully saturated rings. The molecule has 2 aromatic heterocycles. The maximum atomic E-state index is 11.4. The van der Waals surface area contributed by atoms with Gasteiger partial charge in [-0.2, -0.15) is 10.4 Å². The van der Waals surface area contributed by atoms with Crippen LogP contribution in [-0.2, 0) is 19.8 Å². The van der Waals surface area contributed by atoms with Gasteiger partial charge in [-0.05, 0) is 50.1 Å². The number of carbonyl (C=O) groups excluding carboxylic acids is 1. The summed E-state index contributed by atoms with van der Waals surface area (Å²) in [5, 5.41) is 14.1. The van der Waals surface area contributed by atoms with Gasteiger partial charge >= 0.3 is 0 Å². The summed E-state index contributed by atoms with van der Waals surface area (Å²) in [6, 6.07) is 13.1. The summed E-state index contributed by atoms with van der Waals surface area (Å²) in [6.45, 7) is 6.39. The van der Waals surface area contributed by atoms with E-state index in [-0.39, 0.29) is 19.8 Å². The lowest BCUT2D eigenvalue weighted by atomic mass is 10.1. The van der Waals surface area contributed by atoms with Crippen LogP contribution in [0.4, 0.5) is 0 Å². The normalized spacial score (nSPS) is 10.7. The van der Waals surface area contributed by atoms with Gasteiger partial charge in [0.15, 0.2) is 6.29 Å². The average Bonchev–Trinajstić information content (AvgIpc) is 3.20. The molecule has 2 heterocycles. The van der Waals surface area contributed by atoms with Crippen LogP contribution >= 0.6 is 11.6 Å². The second-order valence-electron chi connectivity index (χ2n) is 8.54. The lowest BCUT2D eigenvalue weighted by Gasteiger charge is -2.16. The van der Waals surface area contributed by atoms with Crippen LogP contribution in [0.5, 0.6) is 11.5 Å². The Labute approximate surface area is 220 Å². The quantitative estimate of drug-likeness (QED) is 0.306. The molecule has 4 rings (SSSR count). The zero-order valence-corrected chi connectivity index (χ0v) is 21.5. The Morgan fingerprint density at radius 2 is 1.86 bits per heavy atom. The number of benzene rings is 2. The van der Waals surface area contributed by atoms with Crippen LogP contribution in [-0.4, -0.2) is 21.1 Å². The summed E-state index contributed by atoms with van der Waals surface area (Å²) >= 11 is 6.50. The van der Waals surface area contributed by atoms with Crippen LogP contribution in [0, 0.1) is 32.1 Å². The highest BCUT2D eigenvalue weighted by molar-refractivity contribution is 6.32. The first-order chi connectivity index (χ1) is 17.9. The molecule has 2 N–H and O–H groups in total. The van der Waals surface area contributed by atoms with Crippen molar-refractivity contribution in [1.29, 1.82) is 5.26 Å². The fourth-order valence-corrected chi connectivity index (χ4v) is 4.28. The van der Waals surface area contributed by atoms with E-state index < -0.39 is 0 Å². The van der Waals surface area contributed by atoms with Crippen molar-refractivity contribution in [3.05, 3.63) is 98.6 Å². The number of pyridine rings is 1. The smallest absolute Gasteiger partial charge is 0.153 e. The van der Waals surface area contributed by atoms with Gasteiger partial charge in [0.05, 0.1) is 33.2 Å². The number of ether oxygens (including phenoxy) is 2. The molecule has 0 unspecified atom stereocenters. The molecular formula is C28H26ClN5O3. The number of rotatable bonds is 9. The predicted octanol–water partition coefficient (Wildman–Crippen LogP) is 5.15. The van der Waals surface area contributed by atoms with Crippen molar-refractivity contribution in [2.75, 3.05) is 0 Å². The molecule has 0 saturated carbocycles. The summed E-state index contributed by atoms with van der Waals surface area (Å²) in [5.41, 5.74) is 12.7. The first-order valence-corrected chi connectivity index (χ1v) is 12.0. The zero-order valence-electron chi connectivity index (χ0n) is 20.8. The van der Waals surface area contributed by atoms with Crippen molar-refractivity contribution in [2.45, 2.75) is 40.5 Å². The van der Waals surface area contributed by atoms with Crippen LogP contribution in [0.1, 0.15) is 49.6 Å². The van der Waals surface area contributed by atoms with Gasteiger partial charge in [-0.3, -0.25) is 9.78 Å². The van der Waals surface area contributed by atoms with E-state index in [9.17, 15) is 4.79 Å². The number of halogens is 1. The first kappa shape index (κ1) is 25.9. The minimum absolute atomic E-state index is 0.211. The summed E-state index contributed by atoms with van der Waals surface area (Å²) in [6.07, 6.45) is 3.98. The predicted molar refractivity (Wildman–Crippen MR) is 140 cm³/mol. The van der Waals surface area contributed by atoms with Crippen molar-refractivity contribution in [3.63, 3.8) is 0 Å². The van der Waals surface area contributed by atoms with Crippen molar-refractivity contribution >= 4 is 17.9 Å². The number of nitriles is 1. The van der Waals surface area contributed by atoms with E-state index in [1.54, 1.807) is 29.1 Å². The van der Waals surface area contributed by atoms with Gasteiger partial charge in [0.2, 0.25) is 0 Å². The molecule has 0 aliphatic carbocycles. The third kappa shape index (κ3) is 5.48. The molecule has 0 aliphatic heterocycles. The Bertz CT molecular complexity index is 1510. The van der Waals surface area contributed by atoms with Crippen LogP contribution in [0.15, 0.2) is 48.8 Å². The maximum absolute atomic E-state index is 11.4. The lowest BCUT2D eigenvalue weighted by Crippen LogP contribution is -2.07. The summed E-state index contributed by atoms with van der Waals surface area (Å²) in [5.74, 6) is 0.996. The van der Waals surface area contributed by atoms with Gasteiger partial charge in [-0.15, -0.1) is 0 Å². The van der Waals surface area contributed by atoms with Gasteiger partial charge in [-0.25, -0.2) is 4.68 Å². The molecule has 0 bridgehead atoms. The molecule has 0 amide bonds. The Balaban J connectivity index is 1.56. The Morgan fingerprint density at radius 3 is 2.57 bits per heavy atom.